The number of hydrogen-bond donors (Lipinski definition) is 3. The van der Waals surface area contributed by atoms with E-state index in [1.165, 1.54) is 0 Å². The molecule has 5 nitrogen and oxygen atoms in total. The van der Waals surface area contributed by atoms with Gasteiger partial charge in [0.15, 0.2) is 0 Å². The summed E-state index contributed by atoms with van der Waals surface area (Å²) in [5.41, 5.74) is 7.08. The van der Waals surface area contributed by atoms with Crippen LogP contribution in [0, 0.1) is 0 Å². The summed E-state index contributed by atoms with van der Waals surface area (Å²) in [7, 11) is 0. The molecule has 0 aromatic heterocycles. The molecule has 0 saturated heterocycles. The lowest BCUT2D eigenvalue weighted by Gasteiger charge is -1.92. The van der Waals surface area contributed by atoms with Gasteiger partial charge in [-0.1, -0.05) is 0 Å². The molecule has 0 amide bonds. The summed E-state index contributed by atoms with van der Waals surface area (Å²) in [6, 6.07) is 0. The molecule has 0 saturated carbocycles. The van der Waals surface area contributed by atoms with Crippen molar-refractivity contribution < 1.29 is 4.79 Å². The molecule has 0 aliphatic rings. The summed E-state index contributed by atoms with van der Waals surface area (Å²) in [6.45, 7) is 0.0516. The van der Waals surface area contributed by atoms with E-state index in [9.17, 15) is 4.79 Å². The van der Waals surface area contributed by atoms with E-state index in [1.807, 2.05) is 0 Å². The van der Waals surface area contributed by atoms with Crippen molar-refractivity contribution in [3.8, 4) is 0 Å². The molecule has 0 aromatic rings. The minimum Gasteiger partial charge on any atom is -0.369 e. The number of aldehydes is 1. The standard InChI is InChI=1S/C3H8N4O/c4-3(7-5)6-1-2-8/h2H,1,5H2,(H3,4,6,7). The Morgan fingerprint density at radius 2 is 2.50 bits per heavy atom. The van der Waals surface area contributed by atoms with Gasteiger partial charge in [0, 0.05) is 0 Å². The van der Waals surface area contributed by atoms with Gasteiger partial charge in [-0.05, 0) is 0 Å². The van der Waals surface area contributed by atoms with Crippen molar-refractivity contribution in [2.24, 2.45) is 16.6 Å². The average molecular weight is 116 g/mol. The molecule has 8 heavy (non-hydrogen) atoms. The molecule has 0 aliphatic heterocycles. The fraction of sp³-hybridized carbons (Fsp3) is 0.333. The maximum absolute atomic E-state index is 9.59. The van der Waals surface area contributed by atoms with Crippen molar-refractivity contribution in [3.05, 3.63) is 0 Å². The Bertz CT molecular complexity index is 99.5. The van der Waals surface area contributed by atoms with Crippen molar-refractivity contribution in [1.82, 2.24) is 5.43 Å². The van der Waals surface area contributed by atoms with Crippen LogP contribution in [0.15, 0.2) is 4.99 Å². The Labute approximate surface area is 46.7 Å². The zero-order valence-corrected chi connectivity index (χ0v) is 4.29. The maximum atomic E-state index is 9.59. The van der Waals surface area contributed by atoms with E-state index in [-0.39, 0.29) is 12.5 Å². The topological polar surface area (TPSA) is 93.5 Å². The first kappa shape index (κ1) is 6.90. The van der Waals surface area contributed by atoms with Crippen molar-refractivity contribution in [1.29, 1.82) is 0 Å². The van der Waals surface area contributed by atoms with E-state index in [1.54, 1.807) is 0 Å². The van der Waals surface area contributed by atoms with Crippen LogP contribution >= 0.6 is 0 Å². The number of carbonyl (C=O) groups is 1. The number of rotatable bonds is 2. The fourth-order valence-corrected chi connectivity index (χ4v) is 0.181. The fourth-order valence-electron chi connectivity index (χ4n) is 0.181. The molecule has 0 rings (SSSR count). The molecule has 46 valence electrons. The number of hydrazine groups is 1. The molecule has 0 radical (unpaired) electrons. The van der Waals surface area contributed by atoms with Crippen LogP contribution in [0.1, 0.15) is 0 Å². The number of nitrogens with one attached hydrogen (secondary N) is 1. The summed E-state index contributed by atoms with van der Waals surface area (Å²) in [5, 5.41) is 0. The minimum absolute atomic E-state index is 0.0516. The molecule has 0 heterocycles. The third-order valence-corrected chi connectivity index (χ3v) is 0.484. The molecule has 0 aliphatic carbocycles. The number of hydrogen-bond acceptors (Lipinski definition) is 3. The Hall–Kier alpha value is -1.10. The highest BCUT2D eigenvalue weighted by atomic mass is 16.1. The summed E-state index contributed by atoms with van der Waals surface area (Å²) < 4.78 is 0. The van der Waals surface area contributed by atoms with Gasteiger partial charge in [0.25, 0.3) is 0 Å². The van der Waals surface area contributed by atoms with Gasteiger partial charge in [0.1, 0.15) is 6.29 Å². The van der Waals surface area contributed by atoms with Crippen molar-refractivity contribution in [2.45, 2.75) is 0 Å². The second kappa shape index (κ2) is 4.07. The van der Waals surface area contributed by atoms with Crippen LogP contribution in [-0.2, 0) is 4.79 Å². The van der Waals surface area contributed by atoms with Crippen molar-refractivity contribution >= 4 is 12.2 Å². The van der Waals surface area contributed by atoms with Crippen molar-refractivity contribution in [3.63, 3.8) is 0 Å². The van der Waals surface area contributed by atoms with Crippen molar-refractivity contribution in [2.75, 3.05) is 6.54 Å². The lowest BCUT2D eigenvalue weighted by molar-refractivity contribution is -0.106. The lowest BCUT2D eigenvalue weighted by atomic mass is 10.7. The SMILES string of the molecule is NNC(N)=NCC=O. The number of nitrogens with two attached hydrogens (primary N) is 2. The smallest absolute Gasteiger partial charge is 0.203 e. The zero-order valence-electron chi connectivity index (χ0n) is 4.29. The minimum atomic E-state index is 0.0516. The van der Waals surface area contributed by atoms with Gasteiger partial charge >= 0.3 is 0 Å². The van der Waals surface area contributed by atoms with Crippen LogP contribution in [0.25, 0.3) is 0 Å². The number of guanidine groups is 1. The highest BCUT2D eigenvalue weighted by molar-refractivity contribution is 5.78. The number of nitrogens with zero attached hydrogens (tertiary/aromatic N) is 1. The van der Waals surface area contributed by atoms with Crippen LogP contribution in [0.4, 0.5) is 0 Å². The number of aliphatic imine (C=N–C) groups is 1. The summed E-state index contributed by atoms with van der Waals surface area (Å²) in [6.07, 6.45) is 0.629. The average Bonchev–Trinajstić information content (AvgIpc) is 1.83. The highest BCUT2D eigenvalue weighted by Crippen LogP contribution is 1.58. The Morgan fingerprint density at radius 1 is 1.88 bits per heavy atom. The third-order valence-electron chi connectivity index (χ3n) is 0.484. The number of carbonyl (C=O) groups excluding carboxylic acids is 1. The molecule has 0 atom stereocenters. The van der Waals surface area contributed by atoms with E-state index in [0.717, 1.165) is 0 Å². The van der Waals surface area contributed by atoms with E-state index in [2.05, 4.69) is 10.4 Å². The first-order chi connectivity index (χ1) is 3.81. The molecule has 0 bridgehead atoms. The third kappa shape index (κ3) is 3.10. The Morgan fingerprint density at radius 3 is 2.88 bits per heavy atom. The largest absolute Gasteiger partial charge is 0.369 e. The highest BCUT2D eigenvalue weighted by Gasteiger charge is 1.79. The zero-order chi connectivity index (χ0) is 6.41. The molecule has 0 spiro atoms. The first-order valence-electron chi connectivity index (χ1n) is 2.01. The van der Waals surface area contributed by atoms with Crippen LogP contribution in [0.2, 0.25) is 0 Å². The predicted octanol–water partition coefficient (Wildman–Crippen LogP) is -2.04. The molecule has 5 heteroatoms. The van der Waals surface area contributed by atoms with Gasteiger partial charge in [-0.15, -0.1) is 0 Å². The quantitative estimate of drug-likeness (QED) is 0.127. The summed E-state index contributed by atoms with van der Waals surface area (Å²) in [4.78, 5) is 13.0. The summed E-state index contributed by atoms with van der Waals surface area (Å²) >= 11 is 0. The molecular formula is C3H8N4O. The first-order valence-corrected chi connectivity index (χ1v) is 2.01. The second-order valence-electron chi connectivity index (χ2n) is 1.04. The molecule has 0 unspecified atom stereocenters. The maximum Gasteiger partial charge on any atom is 0.203 e. The van der Waals surface area contributed by atoms with Crippen LogP contribution in [0.5, 0.6) is 0 Å². The van der Waals surface area contributed by atoms with Gasteiger partial charge in [0.2, 0.25) is 5.96 Å². The Kier molecular flexibility index (Phi) is 3.51. The molecular weight excluding hydrogens is 108 g/mol. The van der Waals surface area contributed by atoms with Crippen LogP contribution in [-0.4, -0.2) is 18.8 Å². The van der Waals surface area contributed by atoms with E-state index in [4.69, 9.17) is 11.6 Å². The predicted molar refractivity (Wildman–Crippen MR) is 29.9 cm³/mol. The van der Waals surface area contributed by atoms with Gasteiger partial charge in [-0.2, -0.15) is 0 Å². The van der Waals surface area contributed by atoms with Gasteiger partial charge in [-0.3, -0.25) is 5.43 Å². The monoisotopic (exact) mass is 116 g/mol. The summed E-state index contributed by atoms with van der Waals surface area (Å²) in [5.74, 6) is 4.86. The molecule has 0 aromatic carbocycles. The van der Waals surface area contributed by atoms with E-state index >= 15 is 0 Å². The lowest BCUT2D eigenvalue weighted by Crippen LogP contribution is -2.37. The van der Waals surface area contributed by atoms with E-state index in [0.29, 0.717) is 6.29 Å². The second-order valence-corrected chi connectivity index (χ2v) is 1.04. The van der Waals surface area contributed by atoms with Gasteiger partial charge < -0.3 is 10.5 Å². The Balaban J connectivity index is 3.40. The van der Waals surface area contributed by atoms with Crippen LogP contribution in [0.3, 0.4) is 0 Å². The molecule has 0 fully saturated rings. The van der Waals surface area contributed by atoms with E-state index < -0.39 is 0 Å². The van der Waals surface area contributed by atoms with Gasteiger partial charge in [0.05, 0.1) is 6.54 Å². The molecule has 5 N–H and O–H groups in total. The van der Waals surface area contributed by atoms with Gasteiger partial charge in [-0.25, -0.2) is 10.8 Å². The van der Waals surface area contributed by atoms with Crippen LogP contribution < -0.4 is 17.0 Å². The normalized spacial score (nSPS) is 10.9.